The largest absolute Gasteiger partial charge is 0.490 e. The quantitative estimate of drug-likeness (QED) is 0.103. The van der Waals surface area contributed by atoms with Crippen LogP contribution in [0.15, 0.2) is 22.2 Å². The van der Waals surface area contributed by atoms with Crippen molar-refractivity contribution in [2.75, 3.05) is 12.3 Å². The van der Waals surface area contributed by atoms with Gasteiger partial charge in [0, 0.05) is 17.5 Å². The molecule has 1 saturated heterocycles. The molecule has 22 heteroatoms. The fourth-order valence-electron chi connectivity index (χ4n) is 2.41. The number of anilines is 1. The molecule has 31 heavy (non-hydrogen) atoms. The van der Waals surface area contributed by atoms with Crippen molar-refractivity contribution >= 4 is 29.3 Å². The minimum absolute atomic E-state index is 0.167. The minimum atomic E-state index is -5.74. The van der Waals surface area contributed by atoms with E-state index in [1.54, 1.807) is 0 Å². The van der Waals surface area contributed by atoms with Crippen molar-refractivity contribution in [3.05, 3.63) is 33.2 Å². The van der Waals surface area contributed by atoms with E-state index in [-0.39, 0.29) is 5.82 Å². The zero-order valence-electron chi connectivity index (χ0n) is 14.9. The van der Waals surface area contributed by atoms with E-state index in [1.807, 2.05) is 0 Å². The minimum Gasteiger partial charge on any atom is -0.390 e. The number of phosphoric acid groups is 3. The Labute approximate surface area is 171 Å². The number of nitrogens with two attached hydrogens (primary N) is 1. The molecule has 0 saturated carbocycles. The lowest BCUT2D eigenvalue weighted by molar-refractivity contribution is -0.114. The van der Waals surface area contributed by atoms with Gasteiger partial charge in [-0.1, -0.05) is 0 Å². The second-order valence-electron chi connectivity index (χ2n) is 5.75. The molecule has 1 aliphatic heterocycles. The fraction of sp³-hybridized carbons (Fsp3) is 0.556. The number of hydrogen-bond acceptors (Lipinski definition) is 12. The molecule has 0 aliphatic carbocycles. The lowest BCUT2D eigenvalue weighted by Gasteiger charge is -2.25. The topological polar surface area (TPSA) is 299 Å². The molecule has 7 N–H and O–H groups in total. The Morgan fingerprint density at radius 2 is 1.97 bits per heavy atom. The Morgan fingerprint density at radius 1 is 1.32 bits per heavy atom. The Kier molecular flexibility index (Phi) is 7.47. The zero-order chi connectivity index (χ0) is 23.7. The lowest BCUT2D eigenvalue weighted by atomic mass is 10.1. The van der Waals surface area contributed by atoms with Crippen LogP contribution >= 0.6 is 23.5 Å². The molecule has 2 unspecified atom stereocenters. The van der Waals surface area contributed by atoms with Crippen LogP contribution in [-0.2, 0) is 37.4 Å². The van der Waals surface area contributed by atoms with E-state index in [0.29, 0.717) is 4.57 Å². The number of phosphoric ester groups is 1. The summed E-state index contributed by atoms with van der Waals surface area (Å²) in [5.74, 6) is -2.34. The van der Waals surface area contributed by atoms with Crippen molar-refractivity contribution in [1.82, 2.24) is 9.55 Å². The fourth-order valence-corrected chi connectivity index (χ4v) is 5.44. The third-order valence-corrected chi connectivity index (χ3v) is 7.27. The second kappa shape index (κ2) is 9.05. The van der Waals surface area contributed by atoms with E-state index in [4.69, 9.17) is 30.7 Å². The van der Waals surface area contributed by atoms with Crippen molar-refractivity contribution in [3.63, 3.8) is 0 Å². The normalized spacial score (nSPS) is 27.8. The van der Waals surface area contributed by atoms with Crippen molar-refractivity contribution in [2.45, 2.75) is 24.5 Å². The first-order valence-electron chi connectivity index (χ1n) is 7.64. The molecule has 0 bridgehead atoms. The molecule has 2 heterocycles. The summed E-state index contributed by atoms with van der Waals surface area (Å²) in [5, 5.41) is 13.5. The molecular formula is C9H15N6O13P3. The SMILES string of the molecule is [N-]=[N+]=N[C@]1(n2ccc(N)nc2=O)C[C@H](O)[C@@H](COP(=O)(O)OP(=O)(O)OP(=O)(O)O)O1. The molecule has 0 radical (unpaired) electrons. The molecule has 174 valence electrons. The Hall–Kier alpha value is -1.68. The average molecular weight is 508 g/mol. The first-order valence-corrected chi connectivity index (χ1v) is 12.2. The zero-order valence-corrected chi connectivity index (χ0v) is 17.6. The van der Waals surface area contributed by atoms with E-state index in [2.05, 4.69) is 28.2 Å². The van der Waals surface area contributed by atoms with Gasteiger partial charge < -0.3 is 35.2 Å². The third-order valence-electron chi connectivity index (χ3n) is 3.46. The summed E-state index contributed by atoms with van der Waals surface area (Å²) in [6.45, 7) is -1.04. The van der Waals surface area contributed by atoms with Crippen molar-refractivity contribution < 1.29 is 56.3 Å². The van der Waals surface area contributed by atoms with E-state index < -0.39 is 60.2 Å². The first kappa shape index (κ1) is 25.6. The van der Waals surface area contributed by atoms with Gasteiger partial charge in [0.25, 0.3) is 0 Å². The number of nitrogens with zero attached hydrogens (tertiary/aromatic N) is 5. The maximum atomic E-state index is 12.1. The first-order chi connectivity index (χ1) is 14.1. The van der Waals surface area contributed by atoms with Gasteiger partial charge in [-0.2, -0.15) is 13.6 Å². The van der Waals surface area contributed by atoms with E-state index in [0.717, 1.165) is 12.3 Å². The van der Waals surface area contributed by atoms with Gasteiger partial charge in [-0.05, 0) is 16.7 Å². The molecule has 0 spiro atoms. The molecule has 1 fully saturated rings. The monoisotopic (exact) mass is 508 g/mol. The van der Waals surface area contributed by atoms with Crippen molar-refractivity contribution in [1.29, 1.82) is 0 Å². The van der Waals surface area contributed by atoms with Gasteiger partial charge in [-0.3, -0.25) is 9.09 Å². The summed E-state index contributed by atoms with van der Waals surface area (Å²) in [7, 11) is -16.8. The Morgan fingerprint density at radius 3 is 2.52 bits per heavy atom. The maximum Gasteiger partial charge on any atom is 0.490 e. The Bertz CT molecular complexity index is 1080. The van der Waals surface area contributed by atoms with E-state index in [1.165, 1.54) is 0 Å². The lowest BCUT2D eigenvalue weighted by Crippen LogP contribution is -2.40. The standard InChI is InChI=1S/C9H15N6O13P3/c10-7-1-2-15(8(17)12-7)9(13-14-11)3-5(16)6(26-9)4-25-30(21,22)28-31(23,24)27-29(18,19)20/h1-2,5-6,16H,3-4H2,(H,21,22)(H,23,24)(H2,10,12,17)(H2,18,19,20)/t5-,6+,9-/m0/s1. The van der Waals surface area contributed by atoms with Crippen molar-refractivity contribution in [2.24, 2.45) is 5.11 Å². The van der Waals surface area contributed by atoms with Crippen LogP contribution < -0.4 is 11.4 Å². The van der Waals surface area contributed by atoms with Crippen LogP contribution in [0.1, 0.15) is 6.42 Å². The number of aliphatic hydroxyl groups excluding tert-OH is 1. The van der Waals surface area contributed by atoms with Gasteiger partial charge in [0.15, 0.2) is 0 Å². The second-order valence-corrected chi connectivity index (χ2v) is 10.2. The molecule has 2 rings (SSSR count). The third kappa shape index (κ3) is 6.90. The number of hydrogen-bond donors (Lipinski definition) is 6. The highest BCUT2D eigenvalue weighted by atomic mass is 31.3. The number of azide groups is 1. The number of ether oxygens (including phenoxy) is 1. The number of aromatic nitrogens is 2. The summed E-state index contributed by atoms with van der Waals surface area (Å²) >= 11 is 0. The molecule has 1 aromatic heterocycles. The smallest absolute Gasteiger partial charge is 0.390 e. The molecule has 5 atom stereocenters. The highest BCUT2D eigenvalue weighted by Crippen LogP contribution is 2.66. The van der Waals surface area contributed by atoms with Crippen LogP contribution in [0.2, 0.25) is 0 Å². The van der Waals surface area contributed by atoms with E-state index >= 15 is 0 Å². The van der Waals surface area contributed by atoms with Gasteiger partial charge >= 0.3 is 29.2 Å². The van der Waals surface area contributed by atoms with Crippen LogP contribution in [0.25, 0.3) is 10.4 Å². The Balaban J connectivity index is 2.17. The highest BCUT2D eigenvalue weighted by molar-refractivity contribution is 7.66. The van der Waals surface area contributed by atoms with Gasteiger partial charge in [-0.25, -0.2) is 18.5 Å². The van der Waals surface area contributed by atoms with Crippen molar-refractivity contribution in [3.8, 4) is 0 Å². The van der Waals surface area contributed by atoms with Crippen LogP contribution in [-0.4, -0.2) is 53.0 Å². The average Bonchev–Trinajstić information content (AvgIpc) is 2.86. The van der Waals surface area contributed by atoms with E-state index in [9.17, 15) is 28.5 Å². The molecule has 1 aliphatic rings. The van der Waals surface area contributed by atoms with Gasteiger partial charge in [0.05, 0.1) is 12.7 Å². The molecule has 0 aromatic carbocycles. The summed E-state index contributed by atoms with van der Waals surface area (Å²) in [6.07, 6.45) is -2.62. The highest BCUT2D eigenvalue weighted by Gasteiger charge is 2.49. The molecular weight excluding hydrogens is 493 g/mol. The number of nitrogen functional groups attached to an aromatic ring is 1. The van der Waals surface area contributed by atoms with Crippen LogP contribution in [0.4, 0.5) is 5.82 Å². The number of aliphatic hydroxyl groups is 1. The molecule has 0 amide bonds. The summed E-state index contributed by atoms with van der Waals surface area (Å²) < 4.78 is 51.1. The predicted molar refractivity (Wildman–Crippen MR) is 95.3 cm³/mol. The predicted octanol–water partition coefficient (Wildman–Crippen LogP) is -0.761. The van der Waals surface area contributed by atoms with Gasteiger partial charge in [-0.15, -0.1) is 0 Å². The summed E-state index contributed by atoms with van der Waals surface area (Å²) in [4.78, 5) is 53.5. The maximum absolute atomic E-state index is 12.1. The van der Waals surface area contributed by atoms with Crippen LogP contribution in [0, 0.1) is 0 Å². The summed E-state index contributed by atoms with van der Waals surface area (Å²) in [5.41, 5.74) is 13.2. The molecule has 19 nitrogen and oxygen atoms in total. The van der Waals surface area contributed by atoms with Crippen LogP contribution in [0.3, 0.4) is 0 Å². The summed E-state index contributed by atoms with van der Waals surface area (Å²) in [6, 6.07) is 1.16. The van der Waals surface area contributed by atoms with Gasteiger partial charge in [0.2, 0.25) is 5.85 Å². The van der Waals surface area contributed by atoms with Crippen LogP contribution in [0.5, 0.6) is 0 Å². The molecule has 1 aromatic rings. The van der Waals surface area contributed by atoms with Gasteiger partial charge in [0.1, 0.15) is 11.9 Å². The number of rotatable bonds is 9.